The van der Waals surface area contributed by atoms with Crippen LogP contribution in [-0.2, 0) is 6.54 Å². The number of rotatable bonds is 4. The Morgan fingerprint density at radius 1 is 1.33 bits per heavy atom. The van der Waals surface area contributed by atoms with Gasteiger partial charge in [0.05, 0.1) is 11.9 Å². The average Bonchev–Trinajstić information content (AvgIpc) is 3.10. The number of H-pyrrole nitrogens is 1. The lowest BCUT2D eigenvalue weighted by atomic mass is 9.94. The Hall–Kier alpha value is -2.80. The van der Waals surface area contributed by atoms with E-state index in [0.29, 0.717) is 11.5 Å². The first-order valence-corrected chi connectivity index (χ1v) is 9.17. The van der Waals surface area contributed by atoms with Gasteiger partial charge in [0.15, 0.2) is 0 Å². The van der Waals surface area contributed by atoms with Crippen LogP contribution in [0.1, 0.15) is 35.8 Å². The second-order valence-electron chi connectivity index (χ2n) is 7.07. The minimum Gasteiger partial charge on any atom is -0.311 e. The molecule has 0 spiro atoms. The lowest BCUT2D eigenvalue weighted by Gasteiger charge is -2.32. The first kappa shape index (κ1) is 17.6. The Labute approximate surface area is 156 Å². The SMILES string of the molecule is Cc1nc([C@@H]2CCCN(Cc3cnn(-c4ccccc4F)c3)C2)cc(=O)[nH]1. The fraction of sp³-hybridized carbons (Fsp3) is 0.350. The minimum absolute atomic E-state index is 0.0965. The summed E-state index contributed by atoms with van der Waals surface area (Å²) in [5.41, 5.74) is 2.25. The molecule has 0 amide bonds. The summed E-state index contributed by atoms with van der Waals surface area (Å²) < 4.78 is 15.5. The van der Waals surface area contributed by atoms with Crippen LogP contribution in [0.15, 0.2) is 47.5 Å². The molecule has 3 aromatic rings. The Morgan fingerprint density at radius 2 is 2.19 bits per heavy atom. The molecule has 3 heterocycles. The van der Waals surface area contributed by atoms with E-state index in [1.807, 2.05) is 13.1 Å². The van der Waals surface area contributed by atoms with E-state index in [-0.39, 0.29) is 17.3 Å². The van der Waals surface area contributed by atoms with E-state index in [1.54, 1.807) is 35.1 Å². The summed E-state index contributed by atoms with van der Waals surface area (Å²) >= 11 is 0. The number of aromatic amines is 1. The number of halogens is 1. The predicted molar refractivity (Wildman–Crippen MR) is 100 cm³/mol. The van der Waals surface area contributed by atoms with Crippen LogP contribution in [-0.4, -0.2) is 37.7 Å². The van der Waals surface area contributed by atoms with Crippen molar-refractivity contribution in [1.82, 2.24) is 24.6 Å². The number of likely N-dealkylation sites (tertiary alicyclic amines) is 1. The van der Waals surface area contributed by atoms with E-state index in [2.05, 4.69) is 20.0 Å². The molecule has 1 fully saturated rings. The number of hydrogen-bond donors (Lipinski definition) is 1. The molecule has 1 N–H and O–H groups in total. The molecular formula is C20H22FN5O. The van der Waals surface area contributed by atoms with Crippen molar-refractivity contribution in [3.8, 4) is 5.69 Å². The van der Waals surface area contributed by atoms with Gasteiger partial charge < -0.3 is 4.98 Å². The highest BCUT2D eigenvalue weighted by molar-refractivity contribution is 5.33. The van der Waals surface area contributed by atoms with Gasteiger partial charge in [0.1, 0.15) is 17.3 Å². The van der Waals surface area contributed by atoms with Gasteiger partial charge in [-0.3, -0.25) is 9.69 Å². The lowest BCUT2D eigenvalue weighted by Crippen LogP contribution is -2.34. The van der Waals surface area contributed by atoms with Crippen molar-refractivity contribution in [2.45, 2.75) is 32.2 Å². The number of aromatic nitrogens is 4. The summed E-state index contributed by atoms with van der Waals surface area (Å²) in [6.45, 7) is 4.39. The molecule has 7 heteroatoms. The summed E-state index contributed by atoms with van der Waals surface area (Å²) in [7, 11) is 0. The molecule has 1 atom stereocenters. The third-order valence-electron chi connectivity index (χ3n) is 4.95. The summed E-state index contributed by atoms with van der Waals surface area (Å²) in [4.78, 5) is 21.3. The largest absolute Gasteiger partial charge is 0.311 e. The van der Waals surface area contributed by atoms with Gasteiger partial charge in [0.2, 0.25) is 0 Å². The zero-order valence-corrected chi connectivity index (χ0v) is 15.2. The highest BCUT2D eigenvalue weighted by Gasteiger charge is 2.23. The van der Waals surface area contributed by atoms with E-state index in [1.165, 1.54) is 6.07 Å². The van der Waals surface area contributed by atoms with Crippen LogP contribution >= 0.6 is 0 Å². The first-order chi connectivity index (χ1) is 13.1. The molecule has 1 aliphatic heterocycles. The van der Waals surface area contributed by atoms with Gasteiger partial charge >= 0.3 is 0 Å². The van der Waals surface area contributed by atoms with Gasteiger partial charge in [-0.05, 0) is 38.4 Å². The van der Waals surface area contributed by atoms with E-state index in [0.717, 1.165) is 43.7 Å². The third kappa shape index (κ3) is 3.98. The van der Waals surface area contributed by atoms with Crippen molar-refractivity contribution in [2.24, 2.45) is 0 Å². The van der Waals surface area contributed by atoms with E-state index < -0.39 is 0 Å². The van der Waals surface area contributed by atoms with Crippen LogP contribution in [0.4, 0.5) is 4.39 Å². The molecule has 0 radical (unpaired) electrons. The normalized spacial score (nSPS) is 17.9. The number of benzene rings is 1. The van der Waals surface area contributed by atoms with Crippen molar-refractivity contribution >= 4 is 0 Å². The van der Waals surface area contributed by atoms with E-state index in [4.69, 9.17) is 0 Å². The molecule has 0 bridgehead atoms. The number of piperidine rings is 1. The number of hydrogen-bond acceptors (Lipinski definition) is 4. The van der Waals surface area contributed by atoms with Gasteiger partial charge in [-0.15, -0.1) is 0 Å². The molecule has 0 unspecified atom stereocenters. The number of aryl methyl sites for hydroxylation is 1. The van der Waals surface area contributed by atoms with Gasteiger partial charge in [0, 0.05) is 36.8 Å². The van der Waals surface area contributed by atoms with E-state index >= 15 is 0 Å². The molecule has 0 aliphatic carbocycles. The molecular weight excluding hydrogens is 345 g/mol. The Morgan fingerprint density at radius 3 is 3.00 bits per heavy atom. The highest BCUT2D eigenvalue weighted by atomic mass is 19.1. The maximum absolute atomic E-state index is 13.9. The second-order valence-corrected chi connectivity index (χ2v) is 7.07. The maximum atomic E-state index is 13.9. The topological polar surface area (TPSA) is 66.8 Å². The van der Waals surface area contributed by atoms with Crippen LogP contribution in [0.2, 0.25) is 0 Å². The van der Waals surface area contributed by atoms with Crippen LogP contribution in [0.25, 0.3) is 5.69 Å². The Bertz CT molecular complexity index is 996. The van der Waals surface area contributed by atoms with Crippen LogP contribution in [0.5, 0.6) is 0 Å². The van der Waals surface area contributed by atoms with Crippen LogP contribution in [0.3, 0.4) is 0 Å². The maximum Gasteiger partial charge on any atom is 0.251 e. The minimum atomic E-state index is -0.291. The molecule has 27 heavy (non-hydrogen) atoms. The fourth-order valence-corrected chi connectivity index (χ4v) is 3.72. The quantitative estimate of drug-likeness (QED) is 0.770. The predicted octanol–water partition coefficient (Wildman–Crippen LogP) is 2.78. The molecule has 1 aliphatic rings. The van der Waals surface area contributed by atoms with Crippen molar-refractivity contribution in [1.29, 1.82) is 0 Å². The molecule has 4 rings (SSSR count). The zero-order valence-electron chi connectivity index (χ0n) is 15.2. The summed E-state index contributed by atoms with van der Waals surface area (Å²) in [5.74, 6) is 0.614. The van der Waals surface area contributed by atoms with Crippen LogP contribution < -0.4 is 5.56 Å². The summed E-state index contributed by atoms with van der Waals surface area (Å²) in [6, 6.07) is 8.22. The second kappa shape index (κ2) is 7.44. The zero-order chi connectivity index (χ0) is 18.8. The monoisotopic (exact) mass is 367 g/mol. The smallest absolute Gasteiger partial charge is 0.251 e. The van der Waals surface area contributed by atoms with Gasteiger partial charge in [0.25, 0.3) is 5.56 Å². The summed E-state index contributed by atoms with van der Waals surface area (Å²) in [6.07, 6.45) is 5.74. The molecule has 1 aromatic carbocycles. The molecule has 6 nitrogen and oxygen atoms in total. The van der Waals surface area contributed by atoms with Crippen molar-refractivity contribution in [3.05, 3.63) is 76.0 Å². The van der Waals surface area contributed by atoms with Gasteiger partial charge in [-0.25, -0.2) is 14.1 Å². The third-order valence-corrected chi connectivity index (χ3v) is 4.95. The van der Waals surface area contributed by atoms with E-state index in [9.17, 15) is 9.18 Å². The average molecular weight is 367 g/mol. The lowest BCUT2D eigenvalue weighted by molar-refractivity contribution is 0.198. The fourth-order valence-electron chi connectivity index (χ4n) is 3.72. The molecule has 1 saturated heterocycles. The Balaban J connectivity index is 1.47. The Kier molecular flexibility index (Phi) is 4.85. The van der Waals surface area contributed by atoms with Crippen LogP contribution in [0, 0.1) is 12.7 Å². The molecule has 2 aromatic heterocycles. The molecule has 0 saturated carbocycles. The summed E-state index contributed by atoms with van der Waals surface area (Å²) in [5, 5.41) is 4.31. The van der Waals surface area contributed by atoms with Crippen molar-refractivity contribution < 1.29 is 4.39 Å². The van der Waals surface area contributed by atoms with Crippen molar-refractivity contribution in [3.63, 3.8) is 0 Å². The van der Waals surface area contributed by atoms with Gasteiger partial charge in [-0.2, -0.15) is 5.10 Å². The standard InChI is InChI=1S/C20H22FN5O/c1-14-23-18(9-20(27)24-14)16-5-4-8-25(13-16)11-15-10-22-26(12-15)19-7-3-2-6-17(19)21/h2-3,6-7,9-10,12,16H,4-5,8,11,13H2,1H3,(H,23,24,27)/t16-/m1/s1. The highest BCUT2D eigenvalue weighted by Crippen LogP contribution is 2.26. The first-order valence-electron chi connectivity index (χ1n) is 9.17. The molecule has 140 valence electrons. The number of nitrogens with one attached hydrogen (secondary N) is 1. The number of nitrogens with zero attached hydrogens (tertiary/aromatic N) is 4. The number of para-hydroxylation sites is 1. The van der Waals surface area contributed by atoms with Gasteiger partial charge in [-0.1, -0.05) is 12.1 Å². The van der Waals surface area contributed by atoms with Crippen molar-refractivity contribution in [2.75, 3.05) is 13.1 Å².